The van der Waals surface area contributed by atoms with Crippen LogP contribution in [0.5, 0.6) is 5.75 Å². The number of nitrogens with one attached hydrogen (secondary N) is 1. The number of aromatic amines is 1. The first-order valence-electron chi connectivity index (χ1n) is 9.57. The molecule has 0 fully saturated rings. The number of benzene rings is 2. The van der Waals surface area contributed by atoms with E-state index in [1.807, 2.05) is 60.7 Å². The molecule has 146 valence electrons. The third kappa shape index (κ3) is 3.46. The van der Waals surface area contributed by atoms with Crippen LogP contribution in [0.25, 0.3) is 27.8 Å². The number of rotatable bonds is 5. The minimum absolute atomic E-state index is 0.195. The Balaban J connectivity index is 1.36. The molecule has 0 unspecified atom stereocenters. The van der Waals surface area contributed by atoms with E-state index in [9.17, 15) is 4.79 Å². The van der Waals surface area contributed by atoms with Crippen molar-refractivity contribution in [1.82, 2.24) is 19.5 Å². The SMILES string of the molecule is O=c1[nH]cc(-c2ccc(OCc3ccc4ccccc4n3)cc2)n1-c1ccncc1. The van der Waals surface area contributed by atoms with Crippen LogP contribution in [0.15, 0.2) is 96.2 Å². The Bertz CT molecular complexity index is 1360. The van der Waals surface area contributed by atoms with Crippen molar-refractivity contribution in [3.05, 3.63) is 108 Å². The standard InChI is InChI=1S/C24H18N4O2/c29-24-26-15-23(28(24)20-11-13-25-14-12-20)18-6-9-21(10-7-18)30-16-19-8-5-17-3-1-2-4-22(17)27-19/h1-15H,16H2,(H,26,29). The van der Waals surface area contributed by atoms with Crippen molar-refractivity contribution in [1.29, 1.82) is 0 Å². The molecule has 0 aliphatic rings. The van der Waals surface area contributed by atoms with Crippen LogP contribution in [0.2, 0.25) is 0 Å². The Kier molecular flexibility index (Phi) is 4.57. The summed E-state index contributed by atoms with van der Waals surface area (Å²) in [6.07, 6.45) is 5.03. The molecule has 0 spiro atoms. The van der Waals surface area contributed by atoms with Crippen LogP contribution in [0, 0.1) is 0 Å². The predicted octanol–water partition coefficient (Wildman–Crippen LogP) is 4.35. The highest BCUT2D eigenvalue weighted by molar-refractivity contribution is 5.78. The Morgan fingerprint density at radius 3 is 2.53 bits per heavy atom. The molecule has 30 heavy (non-hydrogen) atoms. The molecule has 0 atom stereocenters. The summed E-state index contributed by atoms with van der Waals surface area (Å²) in [6.45, 7) is 0.385. The summed E-state index contributed by atoms with van der Waals surface area (Å²) in [7, 11) is 0. The number of nitrogens with zero attached hydrogens (tertiary/aromatic N) is 3. The lowest BCUT2D eigenvalue weighted by molar-refractivity contribution is 0.302. The molecule has 0 saturated carbocycles. The zero-order valence-electron chi connectivity index (χ0n) is 16.0. The van der Waals surface area contributed by atoms with Gasteiger partial charge in [0.05, 0.1) is 22.6 Å². The zero-order chi connectivity index (χ0) is 20.3. The first-order chi connectivity index (χ1) is 14.8. The molecule has 0 amide bonds. The normalized spacial score (nSPS) is 10.9. The summed E-state index contributed by atoms with van der Waals surface area (Å²) in [4.78, 5) is 23.7. The summed E-state index contributed by atoms with van der Waals surface area (Å²) in [5.74, 6) is 0.738. The van der Waals surface area contributed by atoms with E-state index in [1.54, 1.807) is 35.3 Å². The largest absolute Gasteiger partial charge is 0.487 e. The maximum Gasteiger partial charge on any atom is 0.330 e. The van der Waals surface area contributed by atoms with E-state index >= 15 is 0 Å². The minimum atomic E-state index is -0.195. The van der Waals surface area contributed by atoms with Gasteiger partial charge in [0, 0.05) is 29.5 Å². The smallest absolute Gasteiger partial charge is 0.330 e. The Morgan fingerprint density at radius 2 is 1.70 bits per heavy atom. The van der Waals surface area contributed by atoms with Crippen LogP contribution in [0.3, 0.4) is 0 Å². The second kappa shape index (κ2) is 7.67. The Labute approximate surface area is 172 Å². The van der Waals surface area contributed by atoms with Crippen LogP contribution in [0.1, 0.15) is 5.69 Å². The third-order valence-electron chi connectivity index (χ3n) is 4.89. The first kappa shape index (κ1) is 17.9. The number of pyridine rings is 2. The van der Waals surface area contributed by atoms with Crippen molar-refractivity contribution >= 4 is 10.9 Å². The zero-order valence-corrected chi connectivity index (χ0v) is 16.0. The number of hydrogen-bond donors (Lipinski definition) is 1. The molecule has 5 rings (SSSR count). The fourth-order valence-corrected chi connectivity index (χ4v) is 3.40. The summed E-state index contributed by atoms with van der Waals surface area (Å²) >= 11 is 0. The van der Waals surface area contributed by atoms with Gasteiger partial charge in [0.25, 0.3) is 0 Å². The highest BCUT2D eigenvalue weighted by Crippen LogP contribution is 2.24. The molecule has 1 N–H and O–H groups in total. The predicted molar refractivity (Wildman–Crippen MR) is 116 cm³/mol. The van der Waals surface area contributed by atoms with Gasteiger partial charge in [-0.15, -0.1) is 0 Å². The van der Waals surface area contributed by atoms with Gasteiger partial charge in [-0.25, -0.2) is 9.78 Å². The Morgan fingerprint density at radius 1 is 0.900 bits per heavy atom. The average molecular weight is 394 g/mol. The molecule has 5 aromatic rings. The number of imidazole rings is 1. The van der Waals surface area contributed by atoms with Crippen LogP contribution in [-0.4, -0.2) is 19.5 Å². The van der Waals surface area contributed by atoms with Crippen molar-refractivity contribution in [2.45, 2.75) is 6.61 Å². The number of hydrogen-bond acceptors (Lipinski definition) is 4. The molecule has 6 heteroatoms. The molecule has 0 radical (unpaired) electrons. The molecule has 2 aromatic carbocycles. The van der Waals surface area contributed by atoms with Gasteiger partial charge >= 0.3 is 5.69 Å². The lowest BCUT2D eigenvalue weighted by Gasteiger charge is -2.09. The van der Waals surface area contributed by atoms with E-state index < -0.39 is 0 Å². The van der Waals surface area contributed by atoms with E-state index in [1.165, 1.54) is 0 Å². The van der Waals surface area contributed by atoms with Crippen molar-refractivity contribution in [2.24, 2.45) is 0 Å². The Hall–Kier alpha value is -4.19. The number of ether oxygens (including phenoxy) is 1. The van der Waals surface area contributed by atoms with Gasteiger partial charge in [0.1, 0.15) is 12.4 Å². The molecular formula is C24H18N4O2. The molecule has 0 bridgehead atoms. The minimum Gasteiger partial charge on any atom is -0.487 e. The summed E-state index contributed by atoms with van der Waals surface area (Å²) in [6, 6.07) is 23.3. The van der Waals surface area contributed by atoms with E-state index in [0.717, 1.165) is 39.3 Å². The highest BCUT2D eigenvalue weighted by Gasteiger charge is 2.10. The van der Waals surface area contributed by atoms with Gasteiger partial charge in [0.2, 0.25) is 0 Å². The maximum absolute atomic E-state index is 12.3. The van der Waals surface area contributed by atoms with Crippen LogP contribution in [-0.2, 0) is 6.61 Å². The van der Waals surface area contributed by atoms with Gasteiger partial charge in [-0.2, -0.15) is 0 Å². The van der Waals surface area contributed by atoms with Gasteiger partial charge in [-0.3, -0.25) is 9.55 Å². The number of fused-ring (bicyclic) bond motifs is 1. The second-order valence-corrected chi connectivity index (χ2v) is 6.83. The monoisotopic (exact) mass is 394 g/mol. The topological polar surface area (TPSA) is 72.8 Å². The number of aromatic nitrogens is 4. The van der Waals surface area contributed by atoms with E-state index in [2.05, 4.69) is 15.0 Å². The lowest BCUT2D eigenvalue weighted by atomic mass is 10.1. The molecule has 3 heterocycles. The van der Waals surface area contributed by atoms with Crippen molar-refractivity contribution < 1.29 is 4.74 Å². The van der Waals surface area contributed by atoms with Crippen molar-refractivity contribution in [2.75, 3.05) is 0 Å². The fourth-order valence-electron chi connectivity index (χ4n) is 3.40. The summed E-state index contributed by atoms with van der Waals surface area (Å²) < 4.78 is 7.53. The van der Waals surface area contributed by atoms with Crippen molar-refractivity contribution in [3.63, 3.8) is 0 Å². The summed E-state index contributed by atoms with van der Waals surface area (Å²) in [5.41, 5.74) is 4.06. The average Bonchev–Trinajstić information content (AvgIpc) is 3.20. The summed E-state index contributed by atoms with van der Waals surface area (Å²) in [5, 5.41) is 1.11. The van der Waals surface area contributed by atoms with E-state index in [-0.39, 0.29) is 5.69 Å². The van der Waals surface area contributed by atoms with Crippen LogP contribution in [0.4, 0.5) is 0 Å². The third-order valence-corrected chi connectivity index (χ3v) is 4.89. The van der Waals surface area contributed by atoms with Gasteiger partial charge < -0.3 is 9.72 Å². The molecule has 0 saturated heterocycles. The first-order valence-corrected chi connectivity index (χ1v) is 9.57. The molecular weight excluding hydrogens is 376 g/mol. The maximum atomic E-state index is 12.3. The van der Waals surface area contributed by atoms with Crippen molar-refractivity contribution in [3.8, 4) is 22.7 Å². The van der Waals surface area contributed by atoms with Crippen LogP contribution >= 0.6 is 0 Å². The lowest BCUT2D eigenvalue weighted by Crippen LogP contribution is -2.15. The number of para-hydroxylation sites is 1. The number of H-pyrrole nitrogens is 1. The van der Waals surface area contributed by atoms with Gasteiger partial charge in [-0.1, -0.05) is 24.3 Å². The quantitative estimate of drug-likeness (QED) is 0.481. The molecule has 0 aliphatic heterocycles. The molecule has 3 aromatic heterocycles. The fraction of sp³-hybridized carbons (Fsp3) is 0.0417. The highest BCUT2D eigenvalue weighted by atomic mass is 16.5. The molecule has 0 aliphatic carbocycles. The van der Waals surface area contributed by atoms with Crippen LogP contribution < -0.4 is 10.4 Å². The van der Waals surface area contributed by atoms with E-state index in [0.29, 0.717) is 6.61 Å². The van der Waals surface area contributed by atoms with E-state index in [4.69, 9.17) is 4.74 Å². The van der Waals surface area contributed by atoms with Gasteiger partial charge in [-0.05, 0) is 48.5 Å². The molecule has 6 nitrogen and oxygen atoms in total. The van der Waals surface area contributed by atoms with Gasteiger partial charge in [0.15, 0.2) is 0 Å². The second-order valence-electron chi connectivity index (χ2n) is 6.83.